The maximum Gasteiger partial charge on any atom is 0.224 e. The van der Waals surface area contributed by atoms with Crippen molar-refractivity contribution in [3.8, 4) is 0 Å². The monoisotopic (exact) mass is 352 g/mol. The fourth-order valence-corrected chi connectivity index (χ4v) is 6.16. The highest BCUT2D eigenvalue weighted by molar-refractivity contribution is 6.22. The summed E-state index contributed by atoms with van der Waals surface area (Å²) in [4.78, 5) is 26.0. The molecule has 0 aliphatic heterocycles. The quantitative estimate of drug-likeness (QED) is 0.534. The molecule has 3 nitrogen and oxygen atoms in total. The van der Waals surface area contributed by atoms with Crippen LogP contribution in [0.1, 0.15) is 53.4 Å². The van der Waals surface area contributed by atoms with Gasteiger partial charge in [-0.1, -0.05) is 37.6 Å². The summed E-state index contributed by atoms with van der Waals surface area (Å²) in [5.41, 5.74) is 3.89. The van der Waals surface area contributed by atoms with Gasteiger partial charge in [-0.3, -0.25) is 9.59 Å². The lowest BCUT2D eigenvalue weighted by atomic mass is 9.42. The smallest absolute Gasteiger partial charge is 0.224 e. The lowest BCUT2D eigenvalue weighted by molar-refractivity contribution is -0.120. The molecule has 0 aromatic carbocycles. The molecule has 0 N–H and O–H groups in total. The average Bonchev–Trinajstić information content (AvgIpc) is 2.58. The number of ether oxygens (including phenoxy) is 1. The predicted octanol–water partition coefficient (Wildman–Crippen LogP) is 4.70. The van der Waals surface area contributed by atoms with Crippen molar-refractivity contribution in [2.45, 2.75) is 53.4 Å². The molecule has 2 bridgehead atoms. The lowest BCUT2D eigenvalue weighted by Crippen LogP contribution is -2.53. The summed E-state index contributed by atoms with van der Waals surface area (Å²) in [5, 5.41) is 0. The first-order valence-corrected chi connectivity index (χ1v) is 9.77. The fourth-order valence-electron chi connectivity index (χ4n) is 6.16. The molecule has 26 heavy (non-hydrogen) atoms. The van der Waals surface area contributed by atoms with E-state index in [2.05, 4.69) is 33.4 Å². The van der Waals surface area contributed by atoms with Crippen LogP contribution in [0.4, 0.5) is 0 Å². The first-order chi connectivity index (χ1) is 12.2. The third-order valence-electron chi connectivity index (χ3n) is 7.67. The second-order valence-corrected chi connectivity index (χ2v) is 8.84. The fraction of sp³-hybridized carbons (Fsp3) is 0.565. The van der Waals surface area contributed by atoms with Crippen LogP contribution in [0.3, 0.4) is 0 Å². The first kappa shape index (κ1) is 17.5. The molecule has 4 aliphatic carbocycles. The summed E-state index contributed by atoms with van der Waals surface area (Å²) in [6, 6.07) is 0. The Morgan fingerprint density at radius 1 is 1.27 bits per heavy atom. The maximum atomic E-state index is 13.1. The van der Waals surface area contributed by atoms with Gasteiger partial charge in [-0.25, -0.2) is 0 Å². The van der Waals surface area contributed by atoms with Crippen molar-refractivity contribution >= 4 is 11.6 Å². The molecule has 4 rings (SSSR count). The summed E-state index contributed by atoms with van der Waals surface area (Å²) in [6.07, 6.45) is 7.48. The first-order valence-electron chi connectivity index (χ1n) is 9.77. The lowest BCUT2D eigenvalue weighted by Gasteiger charge is -2.61. The molecule has 1 fully saturated rings. The van der Waals surface area contributed by atoms with Gasteiger partial charge in [0.15, 0.2) is 11.5 Å². The number of carbonyl (C=O) groups excluding carboxylic acids is 2. The van der Waals surface area contributed by atoms with E-state index in [0.717, 1.165) is 24.8 Å². The number of carbonyl (C=O) groups is 2. The summed E-state index contributed by atoms with van der Waals surface area (Å²) < 4.78 is 5.48. The Balaban J connectivity index is 1.86. The minimum atomic E-state index is -0.126. The highest BCUT2D eigenvalue weighted by Crippen LogP contribution is 2.67. The van der Waals surface area contributed by atoms with Crippen LogP contribution in [-0.2, 0) is 14.3 Å². The molecule has 1 saturated carbocycles. The Bertz CT molecular complexity index is 824. The molecule has 0 radical (unpaired) electrons. The summed E-state index contributed by atoms with van der Waals surface area (Å²) in [7, 11) is 0. The molecular weight excluding hydrogens is 324 g/mol. The Hall–Kier alpha value is -1.90. The highest BCUT2D eigenvalue weighted by Gasteiger charge is 2.59. The normalized spacial score (nSPS) is 39.2. The molecule has 3 heteroatoms. The van der Waals surface area contributed by atoms with E-state index in [0.29, 0.717) is 30.1 Å². The van der Waals surface area contributed by atoms with E-state index in [4.69, 9.17) is 4.74 Å². The minimum absolute atomic E-state index is 0.0431. The Labute approximate surface area is 155 Å². The number of allylic oxidation sites excluding steroid dienone is 6. The average molecular weight is 352 g/mol. The molecule has 4 atom stereocenters. The van der Waals surface area contributed by atoms with E-state index in [1.54, 1.807) is 0 Å². The SMILES string of the molecule is C=C1C2CC3(C)C(C)=CCCC3C1(C)CC1=C2C(=O)C(OCC)=CC1=O. The number of rotatable bonds is 2. The standard InChI is InChI=1S/C23H28O3/c1-6-26-18-10-17(24)16-12-23(5)14(3)15(20(16)21(18)25)11-22(4)13(2)8-7-9-19(22)23/h8,10,15,19H,3,6-7,9,11-12H2,1-2,4-5H3. The molecule has 4 aliphatic rings. The van der Waals surface area contributed by atoms with Crippen LogP contribution in [0.15, 0.2) is 46.8 Å². The van der Waals surface area contributed by atoms with Crippen LogP contribution < -0.4 is 0 Å². The van der Waals surface area contributed by atoms with E-state index in [1.807, 2.05) is 6.92 Å². The van der Waals surface area contributed by atoms with E-state index >= 15 is 0 Å². The van der Waals surface area contributed by atoms with Crippen molar-refractivity contribution in [2.75, 3.05) is 6.61 Å². The van der Waals surface area contributed by atoms with Crippen LogP contribution >= 0.6 is 0 Å². The molecular formula is C23H28O3. The largest absolute Gasteiger partial charge is 0.490 e. The molecule has 0 spiro atoms. The maximum absolute atomic E-state index is 13.1. The molecule has 0 aromatic rings. The number of hydrogen-bond donors (Lipinski definition) is 0. The Kier molecular flexibility index (Phi) is 3.74. The molecule has 4 unspecified atom stereocenters. The van der Waals surface area contributed by atoms with E-state index in [-0.39, 0.29) is 34.1 Å². The Morgan fingerprint density at radius 3 is 2.69 bits per heavy atom. The summed E-state index contributed by atoms with van der Waals surface area (Å²) in [5.74, 6) is 0.480. The van der Waals surface area contributed by atoms with Gasteiger partial charge in [0, 0.05) is 23.1 Å². The van der Waals surface area contributed by atoms with Crippen LogP contribution in [-0.4, -0.2) is 18.2 Å². The van der Waals surface area contributed by atoms with Gasteiger partial charge >= 0.3 is 0 Å². The third-order valence-corrected chi connectivity index (χ3v) is 7.67. The van der Waals surface area contributed by atoms with Gasteiger partial charge in [0.1, 0.15) is 0 Å². The van der Waals surface area contributed by atoms with Gasteiger partial charge in [0.25, 0.3) is 0 Å². The minimum Gasteiger partial charge on any atom is -0.490 e. The van der Waals surface area contributed by atoms with Crippen molar-refractivity contribution in [3.05, 3.63) is 46.8 Å². The van der Waals surface area contributed by atoms with Gasteiger partial charge in [-0.05, 0) is 56.3 Å². The highest BCUT2D eigenvalue weighted by atomic mass is 16.5. The number of ketones is 2. The second kappa shape index (κ2) is 5.55. The van der Waals surface area contributed by atoms with Crippen molar-refractivity contribution in [2.24, 2.45) is 22.7 Å². The number of fused-ring (bicyclic) bond motifs is 5. The zero-order valence-electron chi connectivity index (χ0n) is 16.3. The number of Topliss-reactive ketones (excluding diaryl/α,β-unsaturated/α-hetero) is 1. The number of hydrogen-bond acceptors (Lipinski definition) is 3. The van der Waals surface area contributed by atoms with Gasteiger partial charge in [0.2, 0.25) is 5.78 Å². The van der Waals surface area contributed by atoms with E-state index < -0.39 is 0 Å². The summed E-state index contributed by atoms with van der Waals surface area (Å²) in [6.45, 7) is 13.5. The molecule has 0 saturated heterocycles. The van der Waals surface area contributed by atoms with Crippen molar-refractivity contribution in [3.63, 3.8) is 0 Å². The second-order valence-electron chi connectivity index (χ2n) is 8.84. The van der Waals surface area contributed by atoms with Crippen molar-refractivity contribution in [1.29, 1.82) is 0 Å². The van der Waals surface area contributed by atoms with Gasteiger partial charge in [-0.15, -0.1) is 0 Å². The van der Waals surface area contributed by atoms with Crippen molar-refractivity contribution < 1.29 is 14.3 Å². The molecule has 0 heterocycles. The Morgan fingerprint density at radius 2 is 2.00 bits per heavy atom. The molecule has 0 aromatic heterocycles. The zero-order chi connectivity index (χ0) is 18.9. The topological polar surface area (TPSA) is 43.4 Å². The zero-order valence-corrected chi connectivity index (χ0v) is 16.3. The van der Waals surface area contributed by atoms with Crippen molar-refractivity contribution in [1.82, 2.24) is 0 Å². The molecule has 138 valence electrons. The van der Waals surface area contributed by atoms with E-state index in [9.17, 15) is 9.59 Å². The van der Waals surface area contributed by atoms with Crippen LogP contribution in [0.5, 0.6) is 0 Å². The van der Waals surface area contributed by atoms with E-state index in [1.165, 1.54) is 11.6 Å². The third kappa shape index (κ3) is 2.06. The van der Waals surface area contributed by atoms with Crippen LogP contribution in [0.25, 0.3) is 0 Å². The van der Waals surface area contributed by atoms with Crippen LogP contribution in [0.2, 0.25) is 0 Å². The predicted molar refractivity (Wildman–Crippen MR) is 101 cm³/mol. The van der Waals surface area contributed by atoms with Gasteiger partial charge in [-0.2, -0.15) is 0 Å². The van der Waals surface area contributed by atoms with Gasteiger partial charge in [0.05, 0.1) is 6.61 Å². The van der Waals surface area contributed by atoms with Gasteiger partial charge < -0.3 is 4.74 Å². The van der Waals surface area contributed by atoms with Crippen LogP contribution in [0, 0.1) is 22.7 Å². The molecule has 0 amide bonds. The summed E-state index contributed by atoms with van der Waals surface area (Å²) >= 11 is 0.